The average Bonchev–Trinajstić information content (AvgIpc) is 2.81. The van der Waals surface area contributed by atoms with Gasteiger partial charge in [-0.1, -0.05) is 25.4 Å². The van der Waals surface area contributed by atoms with E-state index >= 15 is 0 Å². The van der Waals surface area contributed by atoms with Crippen LogP contribution in [0.5, 0.6) is 0 Å². The number of benzene rings is 1. The lowest BCUT2D eigenvalue weighted by Crippen LogP contribution is -2.11. The first-order valence-corrected chi connectivity index (χ1v) is 7.74. The predicted molar refractivity (Wildman–Crippen MR) is 83.3 cm³/mol. The van der Waals surface area contributed by atoms with Crippen LogP contribution < -0.4 is 5.32 Å². The van der Waals surface area contributed by atoms with Gasteiger partial charge in [0.05, 0.1) is 10.7 Å². The normalized spacial score (nSPS) is 10.8. The molecule has 0 fully saturated rings. The largest absolute Gasteiger partial charge is 0.298 e. The molecule has 1 aromatic carbocycles. The summed E-state index contributed by atoms with van der Waals surface area (Å²) in [5.41, 5.74) is 1.52. The number of rotatable bonds is 3. The van der Waals surface area contributed by atoms with Crippen molar-refractivity contribution in [1.82, 2.24) is 4.98 Å². The molecule has 0 saturated carbocycles. The summed E-state index contributed by atoms with van der Waals surface area (Å²) in [6.07, 6.45) is 0. The van der Waals surface area contributed by atoms with Crippen molar-refractivity contribution in [3.05, 3.63) is 44.3 Å². The molecular weight excluding hydrogens is 348 g/mol. The standard InChI is InChI=1S/C13H12BrClN2OS/c1-7(2)11-6-19-13(16-11)17-12(18)8-3-4-10(15)9(14)5-8/h3-7H,1-2H3,(H,16,17,18). The number of amides is 1. The fraction of sp³-hybridized carbons (Fsp3) is 0.231. The SMILES string of the molecule is CC(C)c1csc(NC(=O)c2ccc(Cl)c(Br)c2)n1. The van der Waals surface area contributed by atoms with E-state index in [9.17, 15) is 4.79 Å². The lowest BCUT2D eigenvalue weighted by molar-refractivity contribution is 0.102. The third-order valence-corrected chi connectivity index (χ3v) is 4.51. The maximum absolute atomic E-state index is 12.0. The molecule has 6 heteroatoms. The molecule has 19 heavy (non-hydrogen) atoms. The highest BCUT2D eigenvalue weighted by molar-refractivity contribution is 9.10. The van der Waals surface area contributed by atoms with Gasteiger partial charge >= 0.3 is 0 Å². The first-order valence-electron chi connectivity index (χ1n) is 5.69. The van der Waals surface area contributed by atoms with Gasteiger partial charge in [-0.3, -0.25) is 10.1 Å². The van der Waals surface area contributed by atoms with Crippen LogP contribution in [0.2, 0.25) is 5.02 Å². The molecule has 0 bridgehead atoms. The van der Waals surface area contributed by atoms with Gasteiger partial charge in [-0.2, -0.15) is 0 Å². The van der Waals surface area contributed by atoms with Crippen LogP contribution in [-0.4, -0.2) is 10.9 Å². The number of hydrogen-bond acceptors (Lipinski definition) is 3. The lowest BCUT2D eigenvalue weighted by Gasteiger charge is -2.03. The maximum atomic E-state index is 12.0. The second-order valence-corrected chi connectivity index (χ2v) is 6.43. The molecule has 0 aliphatic rings. The van der Waals surface area contributed by atoms with Gasteiger partial charge in [0.1, 0.15) is 0 Å². The van der Waals surface area contributed by atoms with Crippen molar-refractivity contribution in [3.8, 4) is 0 Å². The van der Waals surface area contributed by atoms with E-state index in [0.717, 1.165) is 5.69 Å². The van der Waals surface area contributed by atoms with Crippen LogP contribution in [0.3, 0.4) is 0 Å². The van der Waals surface area contributed by atoms with Gasteiger partial charge in [-0.25, -0.2) is 4.98 Å². The van der Waals surface area contributed by atoms with E-state index < -0.39 is 0 Å². The van der Waals surface area contributed by atoms with Crippen LogP contribution in [0.1, 0.15) is 35.8 Å². The highest BCUT2D eigenvalue weighted by Gasteiger charge is 2.11. The Kier molecular flexibility index (Phi) is 4.60. The predicted octanol–water partition coefficient (Wildman–Crippen LogP) is 4.93. The smallest absolute Gasteiger partial charge is 0.257 e. The zero-order chi connectivity index (χ0) is 14.0. The van der Waals surface area contributed by atoms with Crippen LogP contribution in [0.25, 0.3) is 0 Å². The molecule has 0 unspecified atom stereocenters. The number of hydrogen-bond donors (Lipinski definition) is 1. The zero-order valence-corrected chi connectivity index (χ0v) is 13.6. The van der Waals surface area contributed by atoms with Crippen molar-refractivity contribution < 1.29 is 4.79 Å². The molecule has 0 aliphatic heterocycles. The van der Waals surface area contributed by atoms with E-state index in [1.165, 1.54) is 11.3 Å². The minimum atomic E-state index is -0.193. The fourth-order valence-corrected chi connectivity index (χ4v) is 2.78. The minimum Gasteiger partial charge on any atom is -0.298 e. The molecule has 1 N–H and O–H groups in total. The average molecular weight is 360 g/mol. The van der Waals surface area contributed by atoms with Crippen LogP contribution in [0.4, 0.5) is 5.13 Å². The first-order chi connectivity index (χ1) is 8.97. The molecule has 100 valence electrons. The maximum Gasteiger partial charge on any atom is 0.257 e. The summed E-state index contributed by atoms with van der Waals surface area (Å²) in [6.45, 7) is 4.13. The number of carbonyl (C=O) groups is 1. The van der Waals surface area contributed by atoms with Crippen LogP contribution in [0.15, 0.2) is 28.1 Å². The van der Waals surface area contributed by atoms with Crippen LogP contribution >= 0.6 is 38.9 Å². The molecule has 1 aromatic heterocycles. The fourth-order valence-electron chi connectivity index (χ4n) is 1.42. The Morgan fingerprint density at radius 3 is 2.79 bits per heavy atom. The molecule has 0 saturated heterocycles. The molecule has 3 nitrogen and oxygen atoms in total. The van der Waals surface area contributed by atoms with E-state index in [0.29, 0.717) is 26.1 Å². The highest BCUT2D eigenvalue weighted by atomic mass is 79.9. The minimum absolute atomic E-state index is 0.193. The van der Waals surface area contributed by atoms with Crippen molar-refractivity contribution in [2.45, 2.75) is 19.8 Å². The molecule has 2 aromatic rings. The summed E-state index contributed by atoms with van der Waals surface area (Å²) < 4.78 is 0.698. The summed E-state index contributed by atoms with van der Waals surface area (Å²) in [5, 5.41) is 5.93. The Hall–Kier alpha value is -0.910. The topological polar surface area (TPSA) is 42.0 Å². The van der Waals surface area contributed by atoms with Crippen LogP contribution in [0, 0.1) is 0 Å². The van der Waals surface area contributed by atoms with Crippen molar-refractivity contribution >= 4 is 49.9 Å². The van der Waals surface area contributed by atoms with Crippen LogP contribution in [-0.2, 0) is 0 Å². The second-order valence-electron chi connectivity index (χ2n) is 4.32. The lowest BCUT2D eigenvalue weighted by atomic mass is 10.2. The first kappa shape index (κ1) is 14.5. The van der Waals surface area contributed by atoms with Gasteiger partial charge < -0.3 is 0 Å². The summed E-state index contributed by atoms with van der Waals surface area (Å²) >= 11 is 10.6. The number of nitrogens with zero attached hydrogens (tertiary/aromatic N) is 1. The van der Waals surface area contributed by atoms with E-state index in [1.54, 1.807) is 18.2 Å². The van der Waals surface area contributed by atoms with Crippen molar-refractivity contribution in [2.24, 2.45) is 0 Å². The molecule has 1 amide bonds. The molecule has 0 aliphatic carbocycles. The summed E-state index contributed by atoms with van der Waals surface area (Å²) in [7, 11) is 0. The number of carbonyl (C=O) groups excluding carboxylic acids is 1. The monoisotopic (exact) mass is 358 g/mol. The van der Waals surface area contributed by atoms with Gasteiger partial charge in [-0.05, 0) is 40.0 Å². The third kappa shape index (κ3) is 3.55. The van der Waals surface area contributed by atoms with Gasteiger partial charge in [-0.15, -0.1) is 11.3 Å². The molecule has 0 atom stereocenters. The van der Waals surface area contributed by atoms with E-state index in [4.69, 9.17) is 11.6 Å². The van der Waals surface area contributed by atoms with Crippen molar-refractivity contribution in [2.75, 3.05) is 5.32 Å². The van der Waals surface area contributed by atoms with Gasteiger partial charge in [0.2, 0.25) is 0 Å². The van der Waals surface area contributed by atoms with Gasteiger partial charge in [0, 0.05) is 15.4 Å². The third-order valence-electron chi connectivity index (χ3n) is 2.52. The number of thiazole rings is 1. The second kappa shape index (κ2) is 6.03. The summed E-state index contributed by atoms with van der Waals surface area (Å²) in [4.78, 5) is 16.4. The summed E-state index contributed by atoms with van der Waals surface area (Å²) in [5.74, 6) is 0.161. The Balaban J connectivity index is 2.13. The molecule has 1 heterocycles. The highest BCUT2D eigenvalue weighted by Crippen LogP contribution is 2.25. The van der Waals surface area contributed by atoms with Gasteiger partial charge in [0.15, 0.2) is 5.13 Å². The molecule has 2 rings (SSSR count). The number of aromatic nitrogens is 1. The van der Waals surface area contributed by atoms with E-state index in [-0.39, 0.29) is 5.91 Å². The number of anilines is 1. The summed E-state index contributed by atoms with van der Waals surface area (Å²) in [6, 6.07) is 5.05. The molecular formula is C13H12BrClN2OS. The quantitative estimate of drug-likeness (QED) is 0.844. The van der Waals surface area contributed by atoms with Gasteiger partial charge in [0.25, 0.3) is 5.91 Å². The Bertz CT molecular complexity index is 612. The van der Waals surface area contributed by atoms with E-state index in [1.807, 2.05) is 5.38 Å². The number of halogens is 2. The Morgan fingerprint density at radius 2 is 2.21 bits per heavy atom. The zero-order valence-electron chi connectivity index (χ0n) is 10.4. The molecule has 0 spiro atoms. The van der Waals surface area contributed by atoms with Crippen molar-refractivity contribution in [3.63, 3.8) is 0 Å². The number of nitrogens with one attached hydrogen (secondary N) is 1. The van der Waals surface area contributed by atoms with Crippen molar-refractivity contribution in [1.29, 1.82) is 0 Å². The molecule has 0 radical (unpaired) electrons. The Morgan fingerprint density at radius 1 is 1.47 bits per heavy atom. The van der Waals surface area contributed by atoms with E-state index in [2.05, 4.69) is 40.1 Å². The Labute approximate surface area is 129 Å².